The summed E-state index contributed by atoms with van der Waals surface area (Å²) in [5.41, 5.74) is 2.28. The number of benzene rings is 2. The molecule has 0 radical (unpaired) electrons. The van der Waals surface area contributed by atoms with Crippen molar-refractivity contribution in [3.05, 3.63) is 63.1 Å². The van der Waals surface area contributed by atoms with Crippen molar-refractivity contribution in [2.24, 2.45) is 0 Å². The third-order valence-electron chi connectivity index (χ3n) is 2.96. The van der Waals surface area contributed by atoms with Crippen LogP contribution in [0.5, 0.6) is 5.75 Å². The maximum absolute atomic E-state index is 6.11. The Morgan fingerprint density at radius 2 is 1.79 bits per heavy atom. The van der Waals surface area contributed by atoms with Crippen LogP contribution in [0.2, 0.25) is 5.02 Å². The van der Waals surface area contributed by atoms with Gasteiger partial charge in [-0.1, -0.05) is 39.7 Å². The predicted molar refractivity (Wildman–Crippen MR) is 83.0 cm³/mol. The highest BCUT2D eigenvalue weighted by atomic mass is 79.9. The molecule has 0 saturated heterocycles. The molecule has 0 aliphatic carbocycles. The SMILES string of the molecule is CNC(c1ccc(OC)cc1)c1cc(Cl)cc(Br)c1. The van der Waals surface area contributed by atoms with Crippen LogP contribution in [-0.4, -0.2) is 14.2 Å². The Balaban J connectivity index is 2.37. The first-order chi connectivity index (χ1) is 9.13. The summed E-state index contributed by atoms with van der Waals surface area (Å²) in [6.45, 7) is 0. The van der Waals surface area contributed by atoms with E-state index in [0.29, 0.717) is 0 Å². The second kappa shape index (κ2) is 6.42. The third kappa shape index (κ3) is 3.50. The third-order valence-corrected chi connectivity index (χ3v) is 3.63. The fraction of sp³-hybridized carbons (Fsp3) is 0.200. The van der Waals surface area contributed by atoms with Gasteiger partial charge in [-0.2, -0.15) is 0 Å². The number of hydrogen-bond donors (Lipinski definition) is 1. The number of ether oxygens (including phenoxy) is 1. The van der Waals surface area contributed by atoms with E-state index in [1.54, 1.807) is 7.11 Å². The Bertz CT molecular complexity index is 536. The van der Waals surface area contributed by atoms with E-state index in [1.165, 1.54) is 0 Å². The number of rotatable bonds is 4. The molecule has 4 heteroatoms. The summed E-state index contributed by atoms with van der Waals surface area (Å²) < 4.78 is 6.15. The lowest BCUT2D eigenvalue weighted by molar-refractivity contribution is 0.414. The van der Waals surface area contributed by atoms with E-state index in [2.05, 4.69) is 39.4 Å². The highest BCUT2D eigenvalue weighted by molar-refractivity contribution is 9.10. The molecule has 1 atom stereocenters. The van der Waals surface area contributed by atoms with Gasteiger partial charge in [0, 0.05) is 9.50 Å². The monoisotopic (exact) mass is 339 g/mol. The van der Waals surface area contributed by atoms with Gasteiger partial charge >= 0.3 is 0 Å². The maximum atomic E-state index is 6.11. The molecule has 1 N–H and O–H groups in total. The first-order valence-corrected chi connectivity index (χ1v) is 7.08. The largest absolute Gasteiger partial charge is 0.497 e. The first-order valence-electron chi connectivity index (χ1n) is 5.91. The number of hydrogen-bond acceptors (Lipinski definition) is 2. The maximum Gasteiger partial charge on any atom is 0.118 e. The van der Waals surface area contributed by atoms with Gasteiger partial charge in [-0.3, -0.25) is 0 Å². The predicted octanol–water partition coefficient (Wildman–Crippen LogP) is 4.42. The fourth-order valence-electron chi connectivity index (χ4n) is 2.06. The molecule has 0 amide bonds. The molecule has 0 spiro atoms. The molecule has 0 fully saturated rings. The van der Waals surface area contributed by atoms with Crippen LogP contribution in [0.4, 0.5) is 0 Å². The standard InChI is InChI=1S/C15H15BrClNO/c1-18-15(10-3-5-14(19-2)6-4-10)11-7-12(16)9-13(17)8-11/h3-9,15,18H,1-2H3. The van der Waals surface area contributed by atoms with Crippen LogP contribution < -0.4 is 10.1 Å². The quantitative estimate of drug-likeness (QED) is 0.889. The molecular formula is C15H15BrClNO. The average Bonchev–Trinajstić information content (AvgIpc) is 2.39. The smallest absolute Gasteiger partial charge is 0.118 e. The Kier molecular flexibility index (Phi) is 4.86. The minimum Gasteiger partial charge on any atom is -0.497 e. The van der Waals surface area contributed by atoms with Gasteiger partial charge in [0.15, 0.2) is 0 Å². The lowest BCUT2D eigenvalue weighted by Crippen LogP contribution is -2.17. The zero-order valence-electron chi connectivity index (χ0n) is 10.8. The number of halogens is 2. The lowest BCUT2D eigenvalue weighted by atomic mass is 9.99. The molecule has 2 rings (SSSR count). The van der Waals surface area contributed by atoms with E-state index in [4.69, 9.17) is 16.3 Å². The molecule has 2 aromatic rings. The molecule has 0 aromatic heterocycles. The van der Waals surface area contributed by atoms with E-state index in [-0.39, 0.29) is 6.04 Å². The Morgan fingerprint density at radius 1 is 1.11 bits per heavy atom. The summed E-state index contributed by atoms with van der Waals surface area (Å²) in [5.74, 6) is 0.853. The van der Waals surface area contributed by atoms with Crippen molar-refractivity contribution < 1.29 is 4.74 Å². The minimum absolute atomic E-state index is 0.0981. The van der Waals surface area contributed by atoms with Crippen molar-refractivity contribution in [1.82, 2.24) is 5.32 Å². The van der Waals surface area contributed by atoms with Gasteiger partial charge in [-0.05, 0) is 48.5 Å². The van der Waals surface area contributed by atoms with Crippen molar-refractivity contribution in [1.29, 1.82) is 0 Å². The zero-order chi connectivity index (χ0) is 13.8. The van der Waals surface area contributed by atoms with Crippen LogP contribution in [-0.2, 0) is 0 Å². The van der Waals surface area contributed by atoms with Crippen LogP contribution in [0, 0.1) is 0 Å². The summed E-state index contributed by atoms with van der Waals surface area (Å²) in [4.78, 5) is 0. The second-order valence-electron chi connectivity index (χ2n) is 4.20. The van der Waals surface area contributed by atoms with Gasteiger partial charge in [0.05, 0.1) is 13.2 Å². The number of nitrogens with one attached hydrogen (secondary N) is 1. The second-order valence-corrected chi connectivity index (χ2v) is 5.55. The van der Waals surface area contributed by atoms with E-state index in [9.17, 15) is 0 Å². The van der Waals surface area contributed by atoms with Crippen LogP contribution in [0.1, 0.15) is 17.2 Å². The topological polar surface area (TPSA) is 21.3 Å². The van der Waals surface area contributed by atoms with Gasteiger partial charge in [0.2, 0.25) is 0 Å². The molecule has 0 bridgehead atoms. The van der Waals surface area contributed by atoms with E-state index in [1.807, 2.05) is 31.3 Å². The molecule has 19 heavy (non-hydrogen) atoms. The van der Waals surface area contributed by atoms with Crippen LogP contribution in [0.15, 0.2) is 46.9 Å². The van der Waals surface area contributed by atoms with Crippen molar-refractivity contribution in [3.63, 3.8) is 0 Å². The Hall–Kier alpha value is -1.03. The molecule has 0 aliphatic heterocycles. The van der Waals surface area contributed by atoms with Crippen molar-refractivity contribution in [3.8, 4) is 5.75 Å². The van der Waals surface area contributed by atoms with Gasteiger partial charge in [-0.25, -0.2) is 0 Å². The summed E-state index contributed by atoms with van der Waals surface area (Å²) in [7, 11) is 3.60. The molecule has 2 nitrogen and oxygen atoms in total. The highest BCUT2D eigenvalue weighted by Crippen LogP contribution is 2.28. The summed E-state index contributed by atoms with van der Waals surface area (Å²) in [5, 5.41) is 4.03. The fourth-order valence-corrected chi connectivity index (χ4v) is 2.95. The Labute approximate surface area is 126 Å². The molecule has 0 saturated carbocycles. The van der Waals surface area contributed by atoms with Crippen LogP contribution in [0.25, 0.3) is 0 Å². The van der Waals surface area contributed by atoms with E-state index in [0.717, 1.165) is 26.4 Å². The van der Waals surface area contributed by atoms with Crippen molar-refractivity contribution >= 4 is 27.5 Å². The first kappa shape index (κ1) is 14.4. The summed E-state index contributed by atoms with van der Waals surface area (Å²) in [6, 6.07) is 14.0. The van der Waals surface area contributed by atoms with Gasteiger partial charge in [0.25, 0.3) is 0 Å². The van der Waals surface area contributed by atoms with E-state index < -0.39 is 0 Å². The normalized spacial score (nSPS) is 12.2. The molecule has 100 valence electrons. The average molecular weight is 341 g/mol. The molecule has 0 aliphatic rings. The van der Waals surface area contributed by atoms with Gasteiger partial charge in [-0.15, -0.1) is 0 Å². The summed E-state index contributed by atoms with van der Waals surface area (Å²) >= 11 is 9.58. The van der Waals surface area contributed by atoms with Crippen molar-refractivity contribution in [2.75, 3.05) is 14.2 Å². The molecular weight excluding hydrogens is 326 g/mol. The zero-order valence-corrected chi connectivity index (χ0v) is 13.1. The van der Waals surface area contributed by atoms with Gasteiger partial charge < -0.3 is 10.1 Å². The van der Waals surface area contributed by atoms with E-state index >= 15 is 0 Å². The Morgan fingerprint density at radius 3 is 2.32 bits per heavy atom. The molecule has 2 aromatic carbocycles. The number of methoxy groups -OCH3 is 1. The van der Waals surface area contributed by atoms with Crippen molar-refractivity contribution in [2.45, 2.75) is 6.04 Å². The van der Waals surface area contributed by atoms with Gasteiger partial charge in [0.1, 0.15) is 5.75 Å². The highest BCUT2D eigenvalue weighted by Gasteiger charge is 2.13. The molecule has 0 heterocycles. The lowest BCUT2D eigenvalue weighted by Gasteiger charge is -2.18. The summed E-state index contributed by atoms with van der Waals surface area (Å²) in [6.07, 6.45) is 0. The van der Waals surface area contributed by atoms with Crippen LogP contribution in [0.3, 0.4) is 0 Å². The minimum atomic E-state index is 0.0981. The van der Waals surface area contributed by atoms with Crippen LogP contribution >= 0.6 is 27.5 Å². The molecule has 1 unspecified atom stereocenters.